The normalized spacial score (nSPS) is 17.9. The number of benzene rings is 3. The van der Waals surface area contributed by atoms with Crippen molar-refractivity contribution in [3.63, 3.8) is 0 Å². The molecule has 1 saturated heterocycles. The molecule has 1 amide bonds. The van der Waals surface area contributed by atoms with Crippen molar-refractivity contribution in [2.45, 2.75) is 39.2 Å². The number of aliphatic hydroxyl groups is 1. The number of aliphatic hydroxyl groups excluding tert-OH is 1. The molecule has 0 radical (unpaired) electrons. The van der Waals surface area contributed by atoms with Crippen molar-refractivity contribution in [1.82, 2.24) is 0 Å². The van der Waals surface area contributed by atoms with Crippen LogP contribution in [0.4, 0.5) is 5.69 Å². The van der Waals surface area contributed by atoms with Gasteiger partial charge >= 0.3 is 0 Å². The van der Waals surface area contributed by atoms with E-state index < -0.39 is 17.7 Å². The summed E-state index contributed by atoms with van der Waals surface area (Å²) in [7, 11) is 0. The van der Waals surface area contributed by atoms with E-state index in [2.05, 4.69) is 6.92 Å². The Bertz CT molecular complexity index is 1360. The highest BCUT2D eigenvalue weighted by molar-refractivity contribution is 6.51. The van der Waals surface area contributed by atoms with Gasteiger partial charge in [-0.2, -0.15) is 0 Å². The van der Waals surface area contributed by atoms with Crippen LogP contribution in [-0.2, 0) is 9.59 Å². The van der Waals surface area contributed by atoms with E-state index in [4.69, 9.17) is 14.2 Å². The van der Waals surface area contributed by atoms with Crippen LogP contribution in [0.25, 0.3) is 5.76 Å². The quantitative estimate of drug-likeness (QED) is 0.179. The summed E-state index contributed by atoms with van der Waals surface area (Å²) >= 11 is 0. The summed E-state index contributed by atoms with van der Waals surface area (Å²) in [5, 5.41) is 11.4. The minimum Gasteiger partial charge on any atom is -0.507 e. The van der Waals surface area contributed by atoms with Gasteiger partial charge in [-0.3, -0.25) is 14.5 Å². The van der Waals surface area contributed by atoms with E-state index in [0.29, 0.717) is 40.7 Å². The lowest BCUT2D eigenvalue weighted by atomic mass is 9.94. The standard InChI is InChI=1S/C30H29NO6/c1-3-4-5-15-35-23-12-9-20(10-13-23)28(32)26-27(21-8-6-7-19(2)16-21)31(30(34)29(26)33)22-11-14-24-25(17-22)37-18-36-24/h6-14,16-17,27,32H,3-5,15,18H2,1-2H3/b28-26+. The summed E-state index contributed by atoms with van der Waals surface area (Å²) in [6.07, 6.45) is 3.18. The van der Waals surface area contributed by atoms with Crippen molar-refractivity contribution in [3.8, 4) is 17.2 Å². The number of anilines is 1. The molecule has 0 aromatic heterocycles. The molecular formula is C30H29NO6. The molecule has 1 fully saturated rings. The number of rotatable bonds is 8. The van der Waals surface area contributed by atoms with E-state index in [0.717, 1.165) is 24.8 Å². The third-order valence-corrected chi connectivity index (χ3v) is 6.58. The molecule has 0 spiro atoms. The molecule has 1 atom stereocenters. The van der Waals surface area contributed by atoms with E-state index in [9.17, 15) is 14.7 Å². The maximum atomic E-state index is 13.4. The number of unbranched alkanes of at least 4 members (excludes halogenated alkanes) is 2. The zero-order valence-corrected chi connectivity index (χ0v) is 20.9. The molecule has 7 heteroatoms. The van der Waals surface area contributed by atoms with Gasteiger partial charge in [0, 0.05) is 17.3 Å². The molecule has 37 heavy (non-hydrogen) atoms. The number of carbonyl (C=O) groups excluding carboxylic acids is 2. The fourth-order valence-electron chi connectivity index (χ4n) is 4.70. The number of fused-ring (bicyclic) bond motifs is 1. The molecule has 5 rings (SSSR count). The molecule has 2 heterocycles. The fraction of sp³-hybridized carbons (Fsp3) is 0.267. The Morgan fingerprint density at radius 2 is 1.78 bits per heavy atom. The number of hydrogen-bond acceptors (Lipinski definition) is 6. The molecule has 2 aliphatic rings. The summed E-state index contributed by atoms with van der Waals surface area (Å²) in [4.78, 5) is 28.2. The minimum absolute atomic E-state index is 0.0323. The molecule has 190 valence electrons. The lowest BCUT2D eigenvalue weighted by Crippen LogP contribution is -2.29. The molecule has 0 bridgehead atoms. The van der Waals surface area contributed by atoms with E-state index in [1.807, 2.05) is 31.2 Å². The summed E-state index contributed by atoms with van der Waals surface area (Å²) < 4.78 is 16.7. The van der Waals surface area contributed by atoms with Gasteiger partial charge < -0.3 is 19.3 Å². The topological polar surface area (TPSA) is 85.3 Å². The Hall–Kier alpha value is -4.26. The number of ether oxygens (including phenoxy) is 3. The van der Waals surface area contributed by atoms with E-state index >= 15 is 0 Å². The van der Waals surface area contributed by atoms with Crippen LogP contribution in [0.15, 0.2) is 72.3 Å². The second-order valence-corrected chi connectivity index (χ2v) is 9.20. The van der Waals surface area contributed by atoms with Crippen LogP contribution in [0.2, 0.25) is 0 Å². The van der Waals surface area contributed by atoms with Crippen LogP contribution in [0.1, 0.15) is 48.9 Å². The van der Waals surface area contributed by atoms with Gasteiger partial charge in [0.05, 0.1) is 18.2 Å². The Kier molecular flexibility index (Phi) is 6.86. The maximum absolute atomic E-state index is 13.4. The number of Topliss-reactive ketones (excluding diaryl/α,β-unsaturated/α-hetero) is 1. The summed E-state index contributed by atoms with van der Waals surface area (Å²) in [6.45, 7) is 4.79. The van der Waals surface area contributed by atoms with Crippen LogP contribution in [-0.4, -0.2) is 30.2 Å². The smallest absolute Gasteiger partial charge is 0.300 e. The molecule has 2 aliphatic heterocycles. The lowest BCUT2D eigenvalue weighted by molar-refractivity contribution is -0.132. The molecule has 0 aliphatic carbocycles. The highest BCUT2D eigenvalue weighted by Gasteiger charge is 2.47. The summed E-state index contributed by atoms with van der Waals surface area (Å²) in [5.41, 5.74) is 2.63. The van der Waals surface area contributed by atoms with Crippen LogP contribution >= 0.6 is 0 Å². The monoisotopic (exact) mass is 499 g/mol. The SMILES string of the molecule is CCCCCOc1ccc(/C(O)=C2\C(=O)C(=O)N(c3ccc4c(c3)OCO4)C2c2cccc(C)c2)cc1. The number of ketones is 1. The zero-order valence-electron chi connectivity index (χ0n) is 20.9. The van der Waals surface area contributed by atoms with Crippen molar-refractivity contribution >= 4 is 23.1 Å². The Labute approximate surface area is 215 Å². The van der Waals surface area contributed by atoms with Gasteiger partial charge in [0.1, 0.15) is 11.5 Å². The first-order valence-electron chi connectivity index (χ1n) is 12.5. The average Bonchev–Trinajstić information content (AvgIpc) is 3.48. The van der Waals surface area contributed by atoms with E-state index in [1.54, 1.807) is 42.5 Å². The second kappa shape index (κ2) is 10.4. The number of nitrogens with zero attached hydrogens (tertiary/aromatic N) is 1. The van der Waals surface area contributed by atoms with Gasteiger partial charge in [0.15, 0.2) is 11.5 Å². The van der Waals surface area contributed by atoms with Crippen molar-refractivity contribution in [3.05, 3.63) is 89.0 Å². The Morgan fingerprint density at radius 1 is 1.00 bits per heavy atom. The van der Waals surface area contributed by atoms with Gasteiger partial charge in [-0.05, 0) is 55.3 Å². The predicted octanol–water partition coefficient (Wildman–Crippen LogP) is 5.92. The fourth-order valence-corrected chi connectivity index (χ4v) is 4.70. The Balaban J connectivity index is 1.55. The van der Waals surface area contributed by atoms with Gasteiger partial charge in [0.2, 0.25) is 6.79 Å². The molecule has 1 N–H and O–H groups in total. The largest absolute Gasteiger partial charge is 0.507 e. The van der Waals surface area contributed by atoms with Crippen molar-refractivity contribution in [2.75, 3.05) is 18.3 Å². The molecule has 0 saturated carbocycles. The summed E-state index contributed by atoms with van der Waals surface area (Å²) in [5.74, 6) is 0.0556. The third-order valence-electron chi connectivity index (χ3n) is 6.58. The second-order valence-electron chi connectivity index (χ2n) is 9.20. The highest BCUT2D eigenvalue weighted by Crippen LogP contribution is 2.45. The lowest BCUT2D eigenvalue weighted by Gasteiger charge is -2.26. The number of carbonyl (C=O) groups is 2. The number of amides is 1. The first kappa shape index (κ1) is 24.4. The first-order valence-corrected chi connectivity index (χ1v) is 12.5. The average molecular weight is 500 g/mol. The van der Waals surface area contributed by atoms with Crippen LogP contribution in [0, 0.1) is 6.92 Å². The zero-order chi connectivity index (χ0) is 25.9. The molecule has 7 nitrogen and oxygen atoms in total. The highest BCUT2D eigenvalue weighted by atomic mass is 16.7. The Morgan fingerprint density at radius 3 is 2.54 bits per heavy atom. The van der Waals surface area contributed by atoms with E-state index in [1.165, 1.54) is 4.90 Å². The van der Waals surface area contributed by atoms with Crippen LogP contribution in [0.3, 0.4) is 0 Å². The summed E-state index contributed by atoms with van der Waals surface area (Å²) in [6, 6.07) is 18.8. The van der Waals surface area contributed by atoms with Crippen molar-refractivity contribution < 1.29 is 28.9 Å². The van der Waals surface area contributed by atoms with Gasteiger partial charge in [-0.25, -0.2) is 0 Å². The van der Waals surface area contributed by atoms with Crippen LogP contribution in [0.5, 0.6) is 17.2 Å². The number of hydrogen-bond donors (Lipinski definition) is 1. The minimum atomic E-state index is -0.815. The van der Waals surface area contributed by atoms with Crippen LogP contribution < -0.4 is 19.1 Å². The van der Waals surface area contributed by atoms with Crippen molar-refractivity contribution in [2.24, 2.45) is 0 Å². The van der Waals surface area contributed by atoms with Gasteiger partial charge in [0.25, 0.3) is 11.7 Å². The molecule has 3 aromatic rings. The molecular weight excluding hydrogens is 470 g/mol. The maximum Gasteiger partial charge on any atom is 0.300 e. The first-order chi connectivity index (χ1) is 18.0. The van der Waals surface area contributed by atoms with Gasteiger partial charge in [-0.15, -0.1) is 0 Å². The predicted molar refractivity (Wildman–Crippen MR) is 140 cm³/mol. The van der Waals surface area contributed by atoms with Crippen molar-refractivity contribution in [1.29, 1.82) is 0 Å². The van der Waals surface area contributed by atoms with Gasteiger partial charge in [-0.1, -0.05) is 49.6 Å². The van der Waals surface area contributed by atoms with E-state index in [-0.39, 0.29) is 18.1 Å². The molecule has 1 unspecified atom stereocenters. The molecule has 3 aromatic carbocycles. The third kappa shape index (κ3) is 4.77. The number of aryl methyl sites for hydroxylation is 1.